The van der Waals surface area contributed by atoms with E-state index in [1.807, 2.05) is 12.1 Å². The molecule has 2 N–H and O–H groups in total. The van der Waals surface area contributed by atoms with E-state index in [2.05, 4.69) is 22.2 Å². The molecule has 0 saturated heterocycles. The predicted octanol–water partition coefficient (Wildman–Crippen LogP) is 2.37. The number of nitrogens with one attached hydrogen (secondary N) is 2. The van der Waals surface area contributed by atoms with Crippen molar-refractivity contribution in [2.24, 2.45) is 0 Å². The van der Waals surface area contributed by atoms with Crippen molar-refractivity contribution in [2.45, 2.75) is 36.7 Å². The molecule has 0 aliphatic carbocycles. The zero-order chi connectivity index (χ0) is 14.9. The molecular formula is C15H19N3O2S. The van der Waals surface area contributed by atoms with Crippen molar-refractivity contribution in [2.75, 3.05) is 5.75 Å². The Bertz CT molecular complexity index is 710. The quantitative estimate of drug-likeness (QED) is 0.909. The number of H-pyrrole nitrogens is 1. The fourth-order valence-electron chi connectivity index (χ4n) is 2.86. The number of aromatic nitrogens is 2. The Morgan fingerprint density at radius 3 is 2.95 bits per heavy atom. The minimum absolute atomic E-state index is 0.0415. The van der Waals surface area contributed by atoms with Crippen LogP contribution in [0.5, 0.6) is 0 Å². The summed E-state index contributed by atoms with van der Waals surface area (Å²) in [6.45, 7) is 2.09. The average molecular weight is 305 g/mol. The van der Waals surface area contributed by atoms with E-state index in [-0.39, 0.29) is 17.8 Å². The predicted molar refractivity (Wildman–Crippen MR) is 80.6 cm³/mol. The Morgan fingerprint density at radius 1 is 1.43 bits per heavy atom. The van der Waals surface area contributed by atoms with Gasteiger partial charge in [0.05, 0.1) is 16.7 Å². The molecule has 0 bridgehead atoms. The molecule has 1 aliphatic heterocycles. The lowest BCUT2D eigenvalue weighted by Crippen LogP contribution is -2.32. The monoisotopic (exact) mass is 305 g/mol. The third kappa shape index (κ3) is 2.73. The second kappa shape index (κ2) is 5.61. The van der Waals surface area contributed by atoms with Crippen molar-refractivity contribution < 1.29 is 8.42 Å². The molecule has 1 aromatic heterocycles. The Kier molecular flexibility index (Phi) is 3.82. The van der Waals surface area contributed by atoms with Crippen molar-refractivity contribution in [1.29, 1.82) is 0 Å². The zero-order valence-corrected chi connectivity index (χ0v) is 12.7. The minimum atomic E-state index is -3.13. The summed E-state index contributed by atoms with van der Waals surface area (Å²) in [6, 6.07) is 7.41. The summed E-state index contributed by atoms with van der Waals surface area (Å²) in [4.78, 5) is 7.89. The third-order valence-electron chi connectivity index (χ3n) is 3.96. The Morgan fingerprint density at radius 2 is 2.24 bits per heavy atom. The summed E-state index contributed by atoms with van der Waals surface area (Å²) >= 11 is 0. The molecule has 1 aliphatic rings. The fraction of sp³-hybridized carbons (Fsp3) is 0.400. The van der Waals surface area contributed by atoms with Gasteiger partial charge in [0.25, 0.3) is 0 Å². The van der Waals surface area contributed by atoms with E-state index in [1.54, 1.807) is 24.5 Å². The van der Waals surface area contributed by atoms with E-state index >= 15 is 0 Å². The van der Waals surface area contributed by atoms with Crippen LogP contribution in [0, 0.1) is 0 Å². The number of nitrogens with zero attached hydrogens (tertiary/aromatic N) is 1. The highest BCUT2D eigenvalue weighted by Crippen LogP contribution is 2.33. The summed E-state index contributed by atoms with van der Waals surface area (Å²) in [5.74, 6) is 1.08. The van der Waals surface area contributed by atoms with Crippen LogP contribution >= 0.6 is 0 Å². The van der Waals surface area contributed by atoms with Gasteiger partial charge in [-0.15, -0.1) is 0 Å². The number of benzene rings is 1. The highest BCUT2D eigenvalue weighted by Gasteiger charge is 2.31. The van der Waals surface area contributed by atoms with Gasteiger partial charge in [-0.05, 0) is 24.5 Å². The molecular weight excluding hydrogens is 286 g/mol. The van der Waals surface area contributed by atoms with Crippen molar-refractivity contribution in [3.05, 3.63) is 48.0 Å². The summed E-state index contributed by atoms with van der Waals surface area (Å²) in [5.41, 5.74) is 0.869. The fourth-order valence-corrected chi connectivity index (χ4v) is 4.49. The van der Waals surface area contributed by atoms with Gasteiger partial charge in [-0.1, -0.05) is 25.1 Å². The van der Waals surface area contributed by atoms with Gasteiger partial charge in [0.2, 0.25) is 0 Å². The smallest absolute Gasteiger partial charge is 0.178 e. The second-order valence-electron chi connectivity index (χ2n) is 5.30. The maximum Gasteiger partial charge on any atom is 0.178 e. The van der Waals surface area contributed by atoms with E-state index in [1.165, 1.54) is 0 Å². The van der Waals surface area contributed by atoms with Gasteiger partial charge < -0.3 is 10.3 Å². The molecule has 21 heavy (non-hydrogen) atoms. The number of imidazole rings is 1. The molecule has 2 heterocycles. The molecule has 0 fully saturated rings. The second-order valence-corrected chi connectivity index (χ2v) is 7.38. The van der Waals surface area contributed by atoms with E-state index in [4.69, 9.17) is 0 Å². The number of sulfone groups is 1. The molecule has 0 spiro atoms. The average Bonchev–Trinajstić information content (AvgIpc) is 3.01. The molecule has 1 aromatic carbocycles. The first-order valence-corrected chi connectivity index (χ1v) is 8.84. The van der Waals surface area contributed by atoms with E-state index in [9.17, 15) is 8.42 Å². The normalized spacial score (nSPS) is 21.7. The van der Waals surface area contributed by atoms with Gasteiger partial charge in [-0.2, -0.15) is 0 Å². The third-order valence-corrected chi connectivity index (χ3v) is 5.78. The molecule has 0 radical (unpaired) electrons. The van der Waals surface area contributed by atoms with Crippen LogP contribution in [-0.2, 0) is 9.84 Å². The molecule has 2 atom stereocenters. The lowest BCUT2D eigenvalue weighted by Gasteiger charge is -2.29. The Labute approximate surface area is 124 Å². The Balaban J connectivity index is 1.90. The summed E-state index contributed by atoms with van der Waals surface area (Å²) in [6.07, 6.45) is 5.02. The van der Waals surface area contributed by atoms with Crippen LogP contribution in [0.25, 0.3) is 0 Å². The van der Waals surface area contributed by atoms with Crippen molar-refractivity contribution in [1.82, 2.24) is 15.3 Å². The lowest BCUT2D eigenvalue weighted by atomic mass is 10.0. The topological polar surface area (TPSA) is 74.8 Å². The molecule has 5 nitrogen and oxygen atoms in total. The number of hydrogen-bond acceptors (Lipinski definition) is 4. The molecule has 0 amide bonds. The van der Waals surface area contributed by atoms with Gasteiger partial charge >= 0.3 is 0 Å². The highest BCUT2D eigenvalue weighted by atomic mass is 32.2. The van der Waals surface area contributed by atoms with Crippen LogP contribution in [0.1, 0.15) is 43.2 Å². The first-order chi connectivity index (χ1) is 10.1. The van der Waals surface area contributed by atoms with Crippen LogP contribution in [0.2, 0.25) is 0 Å². The Hall–Kier alpha value is -1.66. The summed E-state index contributed by atoms with van der Waals surface area (Å²) in [5, 5.41) is 3.54. The molecule has 2 aromatic rings. The first-order valence-electron chi connectivity index (χ1n) is 7.19. The van der Waals surface area contributed by atoms with E-state index in [0.717, 1.165) is 17.8 Å². The van der Waals surface area contributed by atoms with Crippen LogP contribution in [-0.4, -0.2) is 24.1 Å². The van der Waals surface area contributed by atoms with Gasteiger partial charge in [0, 0.05) is 18.4 Å². The van der Waals surface area contributed by atoms with E-state index in [0.29, 0.717) is 11.3 Å². The lowest BCUT2D eigenvalue weighted by molar-refractivity contribution is 0.404. The maximum atomic E-state index is 12.2. The standard InChI is InChI=1S/C15H19N3O2S/c1-2-12(15-16-8-9-17-15)18-13-7-10-21(19,20)14-6-4-3-5-11(13)14/h3-6,8-9,12-13,18H,2,7,10H2,1H3,(H,16,17). The molecule has 2 unspecified atom stereocenters. The van der Waals surface area contributed by atoms with Crippen molar-refractivity contribution >= 4 is 9.84 Å². The maximum absolute atomic E-state index is 12.2. The number of fused-ring (bicyclic) bond motifs is 1. The number of rotatable bonds is 4. The molecule has 112 valence electrons. The summed E-state index contributed by atoms with van der Waals surface area (Å²) < 4.78 is 24.3. The van der Waals surface area contributed by atoms with Gasteiger partial charge in [-0.3, -0.25) is 0 Å². The van der Waals surface area contributed by atoms with Gasteiger partial charge in [-0.25, -0.2) is 13.4 Å². The SMILES string of the molecule is CCC(NC1CCS(=O)(=O)c2ccccc21)c1ncc[nH]1. The first kappa shape index (κ1) is 14.3. The minimum Gasteiger partial charge on any atom is -0.347 e. The number of hydrogen-bond donors (Lipinski definition) is 2. The number of aromatic amines is 1. The molecule has 6 heteroatoms. The molecule has 3 rings (SSSR count). The highest BCUT2D eigenvalue weighted by molar-refractivity contribution is 7.91. The van der Waals surface area contributed by atoms with Gasteiger partial charge in [0.1, 0.15) is 5.82 Å². The van der Waals surface area contributed by atoms with Gasteiger partial charge in [0.15, 0.2) is 9.84 Å². The molecule has 0 saturated carbocycles. The largest absolute Gasteiger partial charge is 0.347 e. The van der Waals surface area contributed by atoms with Crippen LogP contribution in [0.3, 0.4) is 0 Å². The van der Waals surface area contributed by atoms with Crippen molar-refractivity contribution in [3.8, 4) is 0 Å². The summed E-state index contributed by atoms with van der Waals surface area (Å²) in [7, 11) is -3.13. The van der Waals surface area contributed by atoms with Crippen LogP contribution in [0.4, 0.5) is 0 Å². The van der Waals surface area contributed by atoms with E-state index < -0.39 is 9.84 Å². The van der Waals surface area contributed by atoms with Crippen molar-refractivity contribution in [3.63, 3.8) is 0 Å². The zero-order valence-electron chi connectivity index (χ0n) is 11.9. The van der Waals surface area contributed by atoms with Crippen LogP contribution in [0.15, 0.2) is 41.6 Å². The van der Waals surface area contributed by atoms with Crippen LogP contribution < -0.4 is 5.32 Å².